The predicted molar refractivity (Wildman–Crippen MR) is 101 cm³/mol. The molecule has 2 aromatic heterocycles. The number of non-ortho nitro benzene ring substituents is 1. The number of nitro groups is 1. The zero-order valence-electron chi connectivity index (χ0n) is 15.3. The molecule has 1 aromatic carbocycles. The monoisotopic (exact) mass is 393 g/mol. The van der Waals surface area contributed by atoms with E-state index in [1.165, 1.54) is 10.6 Å². The lowest BCUT2D eigenvalue weighted by Gasteiger charge is -2.31. The number of aliphatic hydroxyl groups is 1. The highest BCUT2D eigenvalue weighted by Gasteiger charge is 2.45. The number of rotatable bonds is 2. The summed E-state index contributed by atoms with van der Waals surface area (Å²) in [6.45, 7) is 1.64. The van der Waals surface area contributed by atoms with Crippen LogP contribution in [0.2, 0.25) is 0 Å². The number of benzene rings is 1. The van der Waals surface area contributed by atoms with Crippen molar-refractivity contribution < 1.29 is 19.6 Å². The van der Waals surface area contributed by atoms with Crippen LogP contribution in [0.25, 0.3) is 22.3 Å². The van der Waals surface area contributed by atoms with Gasteiger partial charge in [0.25, 0.3) is 11.2 Å². The van der Waals surface area contributed by atoms with Crippen LogP contribution in [0.5, 0.6) is 0 Å². The van der Waals surface area contributed by atoms with E-state index < -0.39 is 16.5 Å². The number of hydrogen-bond donors (Lipinski definition) is 1. The number of ether oxygens (including phenoxy) is 1. The largest absolute Gasteiger partial charge is 0.458 e. The Hall–Kier alpha value is -3.59. The van der Waals surface area contributed by atoms with Gasteiger partial charge in [0, 0.05) is 17.2 Å². The van der Waals surface area contributed by atoms with E-state index in [0.29, 0.717) is 27.9 Å². The number of esters is 1. The van der Waals surface area contributed by atoms with Gasteiger partial charge < -0.3 is 14.4 Å². The molecule has 2 aliphatic heterocycles. The van der Waals surface area contributed by atoms with Crippen LogP contribution in [0.4, 0.5) is 5.69 Å². The van der Waals surface area contributed by atoms with E-state index in [2.05, 4.69) is 4.98 Å². The number of pyridine rings is 2. The SMILES string of the molecule is CCC1(O)C(=O)OCc2c1cc1n(c2=O)Cc2cc3c([N+](=O)[O-])cccc3nc2-1. The van der Waals surface area contributed by atoms with Gasteiger partial charge in [0.15, 0.2) is 5.60 Å². The normalized spacial score (nSPS) is 19.4. The van der Waals surface area contributed by atoms with Crippen LogP contribution in [0.3, 0.4) is 0 Å². The summed E-state index contributed by atoms with van der Waals surface area (Å²) < 4.78 is 6.54. The standard InChI is InChI=1S/C20H15N3O6/c1-2-20(26)13-7-16-17-10(8-22(16)18(24)12(13)9-29-19(20)25)6-11-14(21-17)4-3-5-15(11)23(27)28/h3-7,26H,2,8-9H2,1H3. The van der Waals surface area contributed by atoms with E-state index in [9.17, 15) is 24.8 Å². The smallest absolute Gasteiger partial charge is 0.343 e. The van der Waals surface area contributed by atoms with Crippen LogP contribution in [0.1, 0.15) is 30.0 Å². The minimum absolute atomic E-state index is 0.0558. The molecule has 0 bridgehead atoms. The molecule has 29 heavy (non-hydrogen) atoms. The van der Waals surface area contributed by atoms with Gasteiger partial charge in [-0.25, -0.2) is 9.78 Å². The lowest BCUT2D eigenvalue weighted by atomic mass is 9.86. The molecule has 0 radical (unpaired) electrons. The van der Waals surface area contributed by atoms with Gasteiger partial charge in [-0.1, -0.05) is 13.0 Å². The first-order valence-corrected chi connectivity index (χ1v) is 9.09. The number of nitro benzene ring substituents is 1. The fourth-order valence-electron chi connectivity index (χ4n) is 4.15. The van der Waals surface area contributed by atoms with Crippen molar-refractivity contribution in [1.29, 1.82) is 0 Å². The van der Waals surface area contributed by atoms with Gasteiger partial charge in [-0.2, -0.15) is 0 Å². The Balaban J connectivity index is 1.79. The molecule has 0 amide bonds. The number of cyclic esters (lactones) is 1. The Morgan fingerprint density at radius 1 is 1.34 bits per heavy atom. The molecule has 0 aliphatic carbocycles. The maximum Gasteiger partial charge on any atom is 0.343 e. The Bertz CT molecular complexity index is 1310. The van der Waals surface area contributed by atoms with Gasteiger partial charge in [0.1, 0.15) is 6.61 Å². The highest BCUT2D eigenvalue weighted by atomic mass is 16.6. The number of hydrogen-bond acceptors (Lipinski definition) is 7. The zero-order valence-corrected chi connectivity index (χ0v) is 15.3. The molecule has 2 aliphatic rings. The molecule has 0 saturated heterocycles. The molecule has 0 fully saturated rings. The van der Waals surface area contributed by atoms with Crippen LogP contribution in [0, 0.1) is 10.1 Å². The second-order valence-corrected chi connectivity index (χ2v) is 7.20. The quantitative estimate of drug-likeness (QED) is 0.314. The van der Waals surface area contributed by atoms with Crippen LogP contribution >= 0.6 is 0 Å². The molecule has 4 heterocycles. The van der Waals surface area contributed by atoms with Crippen LogP contribution < -0.4 is 5.56 Å². The Morgan fingerprint density at radius 3 is 2.86 bits per heavy atom. The van der Waals surface area contributed by atoms with Crippen molar-refractivity contribution >= 4 is 22.6 Å². The van der Waals surface area contributed by atoms with E-state index in [-0.39, 0.29) is 41.9 Å². The van der Waals surface area contributed by atoms with Gasteiger partial charge in [-0.05, 0) is 24.6 Å². The molecule has 9 nitrogen and oxygen atoms in total. The van der Waals surface area contributed by atoms with Gasteiger partial charge in [0.2, 0.25) is 0 Å². The zero-order chi connectivity index (χ0) is 20.5. The number of aromatic nitrogens is 2. The van der Waals surface area contributed by atoms with Gasteiger partial charge >= 0.3 is 5.97 Å². The Labute approximate surface area is 163 Å². The van der Waals surface area contributed by atoms with Gasteiger partial charge in [-0.15, -0.1) is 0 Å². The van der Waals surface area contributed by atoms with Crippen molar-refractivity contribution in [2.45, 2.75) is 32.1 Å². The lowest BCUT2D eigenvalue weighted by molar-refractivity contribution is -0.383. The van der Waals surface area contributed by atoms with E-state index in [0.717, 1.165) is 0 Å². The molecule has 3 aromatic rings. The predicted octanol–water partition coefficient (Wildman–Crippen LogP) is 1.99. The molecular formula is C20H15N3O6. The summed E-state index contributed by atoms with van der Waals surface area (Å²) in [7, 11) is 0. The molecular weight excluding hydrogens is 378 g/mol. The topological polar surface area (TPSA) is 125 Å². The third-order valence-electron chi connectivity index (χ3n) is 5.73. The average molecular weight is 393 g/mol. The van der Waals surface area contributed by atoms with Crippen molar-refractivity contribution in [2.24, 2.45) is 0 Å². The molecule has 146 valence electrons. The summed E-state index contributed by atoms with van der Waals surface area (Å²) in [5.41, 5.74) is 0.241. The summed E-state index contributed by atoms with van der Waals surface area (Å²) in [5, 5.41) is 22.6. The fraction of sp³-hybridized carbons (Fsp3) is 0.250. The third kappa shape index (κ3) is 2.21. The van der Waals surface area contributed by atoms with Crippen molar-refractivity contribution in [3.63, 3.8) is 0 Å². The first-order valence-electron chi connectivity index (χ1n) is 9.09. The first-order chi connectivity index (χ1) is 13.8. The molecule has 1 atom stereocenters. The lowest BCUT2D eigenvalue weighted by Crippen LogP contribution is -2.44. The number of carbonyl (C=O) groups is 1. The minimum atomic E-state index is -1.89. The number of nitrogens with zero attached hydrogens (tertiary/aromatic N) is 3. The van der Waals surface area contributed by atoms with Crippen molar-refractivity contribution in [3.05, 3.63) is 67.5 Å². The summed E-state index contributed by atoms with van der Waals surface area (Å²) >= 11 is 0. The molecule has 0 spiro atoms. The molecule has 9 heteroatoms. The van der Waals surface area contributed by atoms with Gasteiger partial charge in [0.05, 0.1) is 39.3 Å². The summed E-state index contributed by atoms with van der Waals surface area (Å²) in [5.74, 6) is -0.780. The van der Waals surface area contributed by atoms with E-state index in [1.807, 2.05) is 0 Å². The van der Waals surface area contributed by atoms with Crippen molar-refractivity contribution in [3.8, 4) is 11.4 Å². The maximum atomic E-state index is 13.1. The van der Waals surface area contributed by atoms with E-state index in [4.69, 9.17) is 4.74 Å². The second kappa shape index (κ2) is 5.71. The van der Waals surface area contributed by atoms with E-state index in [1.54, 1.807) is 31.2 Å². The molecule has 0 saturated carbocycles. The maximum absolute atomic E-state index is 13.1. The van der Waals surface area contributed by atoms with Crippen molar-refractivity contribution in [1.82, 2.24) is 9.55 Å². The van der Waals surface area contributed by atoms with Crippen LogP contribution in [-0.4, -0.2) is 25.6 Å². The first kappa shape index (κ1) is 17.5. The highest BCUT2D eigenvalue weighted by Crippen LogP contribution is 2.39. The fourth-order valence-corrected chi connectivity index (χ4v) is 4.15. The number of carbonyl (C=O) groups excluding carboxylic acids is 1. The highest BCUT2D eigenvalue weighted by molar-refractivity contribution is 5.91. The molecule has 1 unspecified atom stereocenters. The van der Waals surface area contributed by atoms with Crippen LogP contribution in [-0.2, 0) is 28.3 Å². The molecule has 1 N–H and O–H groups in total. The number of fused-ring (bicyclic) bond motifs is 5. The summed E-state index contributed by atoms with van der Waals surface area (Å²) in [6.07, 6.45) is 0.0614. The molecule has 5 rings (SSSR count). The minimum Gasteiger partial charge on any atom is -0.458 e. The second-order valence-electron chi connectivity index (χ2n) is 7.20. The third-order valence-corrected chi connectivity index (χ3v) is 5.73. The summed E-state index contributed by atoms with van der Waals surface area (Å²) in [4.78, 5) is 40.7. The van der Waals surface area contributed by atoms with E-state index >= 15 is 0 Å². The van der Waals surface area contributed by atoms with Gasteiger partial charge in [-0.3, -0.25) is 14.9 Å². The Kier molecular flexibility index (Phi) is 3.45. The average Bonchev–Trinajstić information content (AvgIpc) is 3.07. The van der Waals surface area contributed by atoms with Crippen molar-refractivity contribution in [2.75, 3.05) is 0 Å². The Morgan fingerprint density at radius 2 is 2.14 bits per heavy atom. The summed E-state index contributed by atoms with van der Waals surface area (Å²) in [6, 6.07) is 7.92. The van der Waals surface area contributed by atoms with Crippen LogP contribution in [0.15, 0.2) is 35.1 Å².